The van der Waals surface area contributed by atoms with E-state index in [1.54, 1.807) is 0 Å². The number of hydrogen-bond donors (Lipinski definition) is 2. The Morgan fingerprint density at radius 2 is 2.11 bits per heavy atom. The summed E-state index contributed by atoms with van der Waals surface area (Å²) >= 11 is 0. The molecule has 1 amide bonds. The van der Waals surface area contributed by atoms with Gasteiger partial charge in [-0.3, -0.25) is 9.69 Å². The fourth-order valence-corrected chi connectivity index (χ4v) is 2.62. The Hall–Kier alpha value is -0.610. The van der Waals surface area contributed by atoms with E-state index < -0.39 is 0 Å². The summed E-state index contributed by atoms with van der Waals surface area (Å²) in [5, 5.41) is 6.63. The fraction of sp³-hybridized carbons (Fsp3) is 0.929. The zero-order valence-corrected chi connectivity index (χ0v) is 11.7. The smallest absolute Gasteiger partial charge is 0.234 e. The molecule has 1 aliphatic carbocycles. The van der Waals surface area contributed by atoms with Gasteiger partial charge < -0.3 is 10.6 Å². The number of nitrogens with one attached hydrogen (secondary N) is 2. The van der Waals surface area contributed by atoms with Crippen LogP contribution in [0.15, 0.2) is 0 Å². The Bertz CT molecular complexity index is 278. The minimum Gasteiger partial charge on any atom is -0.355 e. The zero-order valence-electron chi connectivity index (χ0n) is 11.7. The van der Waals surface area contributed by atoms with E-state index in [1.807, 2.05) is 0 Å². The molecule has 0 spiro atoms. The van der Waals surface area contributed by atoms with Gasteiger partial charge in [-0.2, -0.15) is 0 Å². The molecule has 4 heteroatoms. The second-order valence-electron chi connectivity index (χ2n) is 5.75. The number of nitrogens with zero attached hydrogens (tertiary/aromatic N) is 1. The summed E-state index contributed by atoms with van der Waals surface area (Å²) in [4.78, 5) is 14.3. The predicted molar refractivity (Wildman–Crippen MR) is 73.5 cm³/mol. The SMILES string of the molecule is CCC1CN(CC(=O)NCC2CC2)C(CC)CN1. The van der Waals surface area contributed by atoms with Crippen molar-refractivity contribution in [3.05, 3.63) is 0 Å². The van der Waals surface area contributed by atoms with Crippen molar-refractivity contribution in [2.24, 2.45) is 5.92 Å². The second kappa shape index (κ2) is 6.53. The van der Waals surface area contributed by atoms with Crippen molar-refractivity contribution in [2.75, 3.05) is 26.2 Å². The Labute approximate surface area is 110 Å². The molecule has 2 unspecified atom stereocenters. The number of carbonyl (C=O) groups is 1. The average Bonchev–Trinajstić information content (AvgIpc) is 3.20. The van der Waals surface area contributed by atoms with Crippen molar-refractivity contribution < 1.29 is 4.79 Å². The molecule has 0 radical (unpaired) electrons. The lowest BCUT2D eigenvalue weighted by Gasteiger charge is -2.39. The lowest BCUT2D eigenvalue weighted by Crippen LogP contribution is -2.58. The Kier molecular flexibility index (Phi) is 5.01. The Balaban J connectivity index is 1.77. The van der Waals surface area contributed by atoms with Gasteiger partial charge in [0.25, 0.3) is 0 Å². The minimum atomic E-state index is 0.206. The van der Waals surface area contributed by atoms with Gasteiger partial charge in [0.2, 0.25) is 5.91 Å². The molecule has 0 bridgehead atoms. The van der Waals surface area contributed by atoms with E-state index in [0.717, 1.165) is 38.4 Å². The predicted octanol–water partition coefficient (Wildman–Crippen LogP) is 0.975. The molecule has 1 heterocycles. The van der Waals surface area contributed by atoms with Gasteiger partial charge in [0, 0.05) is 31.7 Å². The highest BCUT2D eigenvalue weighted by Crippen LogP contribution is 2.27. The maximum absolute atomic E-state index is 11.9. The molecule has 2 N–H and O–H groups in total. The standard InChI is InChI=1S/C14H27N3O/c1-3-12-9-17(13(4-2)8-15-12)10-14(18)16-7-11-5-6-11/h11-13,15H,3-10H2,1-2H3,(H,16,18). The summed E-state index contributed by atoms with van der Waals surface area (Å²) in [5.74, 6) is 0.972. The van der Waals surface area contributed by atoms with Crippen molar-refractivity contribution in [3.63, 3.8) is 0 Å². The molecule has 4 nitrogen and oxygen atoms in total. The van der Waals surface area contributed by atoms with Crippen molar-refractivity contribution in [3.8, 4) is 0 Å². The molecule has 1 saturated carbocycles. The van der Waals surface area contributed by atoms with Crippen LogP contribution in [-0.4, -0.2) is 49.1 Å². The van der Waals surface area contributed by atoms with Crippen LogP contribution in [-0.2, 0) is 4.79 Å². The van der Waals surface area contributed by atoms with Crippen molar-refractivity contribution >= 4 is 5.91 Å². The first-order chi connectivity index (χ1) is 8.72. The van der Waals surface area contributed by atoms with Gasteiger partial charge in [-0.05, 0) is 31.6 Å². The lowest BCUT2D eigenvalue weighted by atomic mass is 10.1. The molecular formula is C14H27N3O. The van der Waals surface area contributed by atoms with Crippen molar-refractivity contribution in [1.29, 1.82) is 0 Å². The van der Waals surface area contributed by atoms with E-state index in [2.05, 4.69) is 29.4 Å². The summed E-state index contributed by atoms with van der Waals surface area (Å²) in [5.41, 5.74) is 0. The van der Waals surface area contributed by atoms with Gasteiger partial charge in [-0.1, -0.05) is 13.8 Å². The van der Waals surface area contributed by atoms with Gasteiger partial charge >= 0.3 is 0 Å². The van der Waals surface area contributed by atoms with E-state index in [-0.39, 0.29) is 5.91 Å². The normalized spacial score (nSPS) is 29.2. The van der Waals surface area contributed by atoms with Crippen LogP contribution in [0.1, 0.15) is 39.5 Å². The number of piperazine rings is 1. The molecule has 2 rings (SSSR count). The molecule has 0 aromatic carbocycles. The highest BCUT2D eigenvalue weighted by atomic mass is 16.2. The van der Waals surface area contributed by atoms with Crippen LogP contribution < -0.4 is 10.6 Å². The van der Waals surface area contributed by atoms with Crippen LogP contribution in [0.2, 0.25) is 0 Å². The maximum atomic E-state index is 11.9. The Morgan fingerprint density at radius 3 is 2.72 bits per heavy atom. The van der Waals surface area contributed by atoms with Gasteiger partial charge in [-0.15, -0.1) is 0 Å². The van der Waals surface area contributed by atoms with Gasteiger partial charge in [0.1, 0.15) is 0 Å². The topological polar surface area (TPSA) is 44.4 Å². The zero-order chi connectivity index (χ0) is 13.0. The first-order valence-electron chi connectivity index (χ1n) is 7.47. The van der Waals surface area contributed by atoms with Crippen molar-refractivity contribution in [1.82, 2.24) is 15.5 Å². The third-order valence-corrected chi connectivity index (χ3v) is 4.21. The molecule has 2 aliphatic rings. The molecule has 0 aromatic heterocycles. The van der Waals surface area contributed by atoms with Gasteiger partial charge in [0.05, 0.1) is 6.54 Å². The van der Waals surface area contributed by atoms with Crippen LogP contribution in [0.4, 0.5) is 0 Å². The van der Waals surface area contributed by atoms with Gasteiger partial charge in [-0.25, -0.2) is 0 Å². The van der Waals surface area contributed by atoms with E-state index in [9.17, 15) is 4.79 Å². The van der Waals surface area contributed by atoms with Gasteiger partial charge in [0.15, 0.2) is 0 Å². The molecule has 2 atom stereocenters. The number of hydrogen-bond acceptors (Lipinski definition) is 3. The third-order valence-electron chi connectivity index (χ3n) is 4.21. The third kappa shape index (κ3) is 3.95. The number of rotatable bonds is 6. The minimum absolute atomic E-state index is 0.206. The molecular weight excluding hydrogens is 226 g/mol. The van der Waals surface area contributed by atoms with Crippen LogP contribution >= 0.6 is 0 Å². The number of carbonyl (C=O) groups excluding carboxylic acids is 1. The van der Waals surface area contributed by atoms with Crippen LogP contribution in [0.3, 0.4) is 0 Å². The highest BCUT2D eigenvalue weighted by molar-refractivity contribution is 5.78. The summed E-state index contributed by atoms with van der Waals surface area (Å²) in [7, 11) is 0. The maximum Gasteiger partial charge on any atom is 0.234 e. The fourth-order valence-electron chi connectivity index (χ4n) is 2.62. The van der Waals surface area contributed by atoms with E-state index in [1.165, 1.54) is 12.8 Å². The highest BCUT2D eigenvalue weighted by Gasteiger charge is 2.28. The second-order valence-corrected chi connectivity index (χ2v) is 5.75. The monoisotopic (exact) mass is 253 g/mol. The Morgan fingerprint density at radius 1 is 1.33 bits per heavy atom. The summed E-state index contributed by atoms with van der Waals surface area (Å²) in [6.45, 7) is 7.89. The first kappa shape index (κ1) is 13.8. The molecule has 18 heavy (non-hydrogen) atoms. The average molecular weight is 253 g/mol. The number of amides is 1. The summed E-state index contributed by atoms with van der Waals surface area (Å²) < 4.78 is 0. The molecule has 1 aliphatic heterocycles. The summed E-state index contributed by atoms with van der Waals surface area (Å²) in [6.07, 6.45) is 4.84. The molecule has 0 aromatic rings. The van der Waals surface area contributed by atoms with Crippen LogP contribution in [0.5, 0.6) is 0 Å². The van der Waals surface area contributed by atoms with E-state index in [4.69, 9.17) is 0 Å². The quantitative estimate of drug-likeness (QED) is 0.741. The largest absolute Gasteiger partial charge is 0.355 e. The first-order valence-corrected chi connectivity index (χ1v) is 7.47. The molecule has 1 saturated heterocycles. The lowest BCUT2D eigenvalue weighted by molar-refractivity contribution is -0.123. The van der Waals surface area contributed by atoms with Crippen LogP contribution in [0.25, 0.3) is 0 Å². The molecule has 104 valence electrons. The van der Waals surface area contributed by atoms with Crippen LogP contribution in [0, 0.1) is 5.92 Å². The van der Waals surface area contributed by atoms with E-state index in [0.29, 0.717) is 18.6 Å². The van der Waals surface area contributed by atoms with E-state index >= 15 is 0 Å². The molecule has 2 fully saturated rings. The van der Waals surface area contributed by atoms with Crippen molar-refractivity contribution in [2.45, 2.75) is 51.6 Å². The summed E-state index contributed by atoms with van der Waals surface area (Å²) in [6, 6.07) is 1.06.